The average Bonchev–Trinajstić information content (AvgIpc) is 2.81. The SMILES string of the molecule is CCCC(C)(N)C(=O)NCCc1nc2c(s1)CCCC2. The highest BCUT2D eigenvalue weighted by atomic mass is 32.1. The number of nitrogens with one attached hydrogen (secondary N) is 1. The van der Waals surface area contributed by atoms with Crippen LogP contribution in [-0.4, -0.2) is 23.0 Å². The molecule has 1 heterocycles. The summed E-state index contributed by atoms with van der Waals surface area (Å²) < 4.78 is 0. The highest BCUT2D eigenvalue weighted by Crippen LogP contribution is 2.26. The van der Waals surface area contributed by atoms with Crippen molar-refractivity contribution >= 4 is 17.2 Å². The molecule has 20 heavy (non-hydrogen) atoms. The number of nitrogens with zero attached hydrogens (tertiary/aromatic N) is 1. The zero-order valence-corrected chi connectivity index (χ0v) is 13.3. The number of rotatable bonds is 6. The van der Waals surface area contributed by atoms with Crippen LogP contribution in [0.1, 0.15) is 55.1 Å². The van der Waals surface area contributed by atoms with Crippen molar-refractivity contribution in [3.63, 3.8) is 0 Å². The molecule has 0 saturated heterocycles. The normalized spacial score (nSPS) is 17.4. The fourth-order valence-corrected chi connectivity index (χ4v) is 3.79. The molecule has 1 atom stereocenters. The molecule has 0 radical (unpaired) electrons. The van der Waals surface area contributed by atoms with Crippen molar-refractivity contribution in [2.75, 3.05) is 6.54 Å². The van der Waals surface area contributed by atoms with E-state index in [0.717, 1.165) is 24.3 Å². The van der Waals surface area contributed by atoms with Crippen LogP contribution in [0.4, 0.5) is 0 Å². The van der Waals surface area contributed by atoms with Gasteiger partial charge in [0, 0.05) is 17.8 Å². The summed E-state index contributed by atoms with van der Waals surface area (Å²) >= 11 is 1.81. The van der Waals surface area contributed by atoms with Crippen molar-refractivity contribution in [2.24, 2.45) is 5.73 Å². The lowest BCUT2D eigenvalue weighted by Gasteiger charge is -2.22. The number of amides is 1. The second-order valence-electron chi connectivity index (χ2n) is 5.86. The van der Waals surface area contributed by atoms with Crippen molar-refractivity contribution in [3.8, 4) is 0 Å². The maximum Gasteiger partial charge on any atom is 0.239 e. The quantitative estimate of drug-likeness (QED) is 0.845. The van der Waals surface area contributed by atoms with Crippen molar-refractivity contribution in [1.29, 1.82) is 0 Å². The third-order valence-corrected chi connectivity index (χ3v) is 5.02. The van der Waals surface area contributed by atoms with Gasteiger partial charge in [-0.15, -0.1) is 11.3 Å². The van der Waals surface area contributed by atoms with Crippen molar-refractivity contribution in [2.45, 2.75) is 64.3 Å². The molecule has 1 unspecified atom stereocenters. The zero-order valence-electron chi connectivity index (χ0n) is 12.5. The standard InChI is InChI=1S/C15H25N3OS/c1-3-9-15(2,16)14(19)17-10-8-13-18-11-6-4-5-7-12(11)20-13/h3-10,16H2,1-2H3,(H,17,19). The van der Waals surface area contributed by atoms with Crippen LogP contribution in [0.15, 0.2) is 0 Å². The molecule has 1 aromatic heterocycles. The van der Waals surface area contributed by atoms with Crippen LogP contribution in [0, 0.1) is 0 Å². The Kier molecular flexibility index (Phi) is 5.16. The van der Waals surface area contributed by atoms with E-state index >= 15 is 0 Å². The van der Waals surface area contributed by atoms with Gasteiger partial charge in [0.05, 0.1) is 16.2 Å². The number of fused-ring (bicyclic) bond motifs is 1. The van der Waals surface area contributed by atoms with E-state index in [-0.39, 0.29) is 5.91 Å². The van der Waals surface area contributed by atoms with Crippen LogP contribution < -0.4 is 11.1 Å². The van der Waals surface area contributed by atoms with Gasteiger partial charge in [-0.1, -0.05) is 13.3 Å². The number of aryl methyl sites for hydroxylation is 2. The molecular formula is C15H25N3OS. The van der Waals surface area contributed by atoms with Gasteiger partial charge in [0.25, 0.3) is 0 Å². The Hall–Kier alpha value is -0.940. The first-order valence-electron chi connectivity index (χ1n) is 7.57. The number of thiazole rings is 1. The van der Waals surface area contributed by atoms with E-state index in [9.17, 15) is 4.79 Å². The number of carbonyl (C=O) groups excluding carboxylic acids is 1. The molecule has 0 aliphatic heterocycles. The molecule has 0 aromatic carbocycles. The molecule has 4 nitrogen and oxygen atoms in total. The van der Waals surface area contributed by atoms with Gasteiger partial charge < -0.3 is 11.1 Å². The van der Waals surface area contributed by atoms with Gasteiger partial charge in [-0.25, -0.2) is 4.98 Å². The first-order chi connectivity index (χ1) is 9.53. The Morgan fingerprint density at radius 1 is 1.45 bits per heavy atom. The molecule has 112 valence electrons. The number of hydrogen-bond donors (Lipinski definition) is 2. The highest BCUT2D eigenvalue weighted by molar-refractivity contribution is 7.11. The third kappa shape index (κ3) is 3.79. The Morgan fingerprint density at radius 3 is 2.90 bits per heavy atom. The zero-order chi connectivity index (χ0) is 14.6. The van der Waals surface area contributed by atoms with Crippen molar-refractivity contribution in [3.05, 3.63) is 15.6 Å². The summed E-state index contributed by atoms with van der Waals surface area (Å²) in [5.74, 6) is -0.0549. The fraction of sp³-hybridized carbons (Fsp3) is 0.733. The third-order valence-electron chi connectivity index (χ3n) is 3.80. The van der Waals surface area contributed by atoms with E-state index in [1.807, 2.05) is 18.3 Å². The second-order valence-corrected chi connectivity index (χ2v) is 7.03. The summed E-state index contributed by atoms with van der Waals surface area (Å²) in [6.07, 6.45) is 7.28. The van der Waals surface area contributed by atoms with Gasteiger partial charge in [0.15, 0.2) is 0 Å². The van der Waals surface area contributed by atoms with E-state index in [1.165, 1.54) is 29.8 Å². The Bertz CT molecular complexity index is 444. The van der Waals surface area contributed by atoms with Gasteiger partial charge in [-0.3, -0.25) is 4.79 Å². The molecule has 3 N–H and O–H groups in total. The Balaban J connectivity index is 1.81. The number of hydrogen-bond acceptors (Lipinski definition) is 4. The molecule has 2 rings (SSSR count). The fourth-order valence-electron chi connectivity index (χ4n) is 2.63. The highest BCUT2D eigenvalue weighted by Gasteiger charge is 2.26. The average molecular weight is 295 g/mol. The molecule has 5 heteroatoms. The lowest BCUT2D eigenvalue weighted by Crippen LogP contribution is -2.51. The first kappa shape index (κ1) is 15.4. The molecular weight excluding hydrogens is 270 g/mol. The van der Waals surface area contributed by atoms with Gasteiger partial charge in [0.2, 0.25) is 5.91 Å². The number of nitrogens with two attached hydrogens (primary N) is 1. The maximum atomic E-state index is 12.0. The van der Waals surface area contributed by atoms with E-state index in [1.54, 1.807) is 6.92 Å². The maximum absolute atomic E-state index is 12.0. The van der Waals surface area contributed by atoms with E-state index in [4.69, 9.17) is 5.73 Å². The monoisotopic (exact) mass is 295 g/mol. The van der Waals surface area contributed by atoms with Gasteiger partial charge in [-0.2, -0.15) is 0 Å². The Labute approximate surface area is 125 Å². The summed E-state index contributed by atoms with van der Waals surface area (Å²) in [5.41, 5.74) is 6.54. The number of aromatic nitrogens is 1. The van der Waals surface area contributed by atoms with Gasteiger partial charge in [-0.05, 0) is 39.0 Å². The molecule has 1 aliphatic carbocycles. The summed E-state index contributed by atoms with van der Waals surface area (Å²) in [6, 6.07) is 0. The summed E-state index contributed by atoms with van der Waals surface area (Å²) in [4.78, 5) is 18.1. The second kappa shape index (κ2) is 6.68. The van der Waals surface area contributed by atoms with Gasteiger partial charge in [0.1, 0.15) is 0 Å². The van der Waals surface area contributed by atoms with Crippen LogP contribution in [0.5, 0.6) is 0 Å². The van der Waals surface area contributed by atoms with E-state index < -0.39 is 5.54 Å². The molecule has 0 fully saturated rings. The van der Waals surface area contributed by atoms with Crippen LogP contribution >= 0.6 is 11.3 Å². The van der Waals surface area contributed by atoms with Crippen LogP contribution in [0.3, 0.4) is 0 Å². The summed E-state index contributed by atoms with van der Waals surface area (Å²) in [7, 11) is 0. The van der Waals surface area contributed by atoms with Crippen LogP contribution in [-0.2, 0) is 24.1 Å². The molecule has 0 bridgehead atoms. The lowest BCUT2D eigenvalue weighted by molar-refractivity contribution is -0.126. The lowest BCUT2D eigenvalue weighted by atomic mass is 9.96. The van der Waals surface area contributed by atoms with Gasteiger partial charge >= 0.3 is 0 Å². The summed E-state index contributed by atoms with van der Waals surface area (Å²) in [5, 5.41) is 4.08. The predicted octanol–water partition coefficient (Wildman–Crippen LogP) is 2.20. The van der Waals surface area contributed by atoms with Crippen LogP contribution in [0.25, 0.3) is 0 Å². The smallest absolute Gasteiger partial charge is 0.239 e. The van der Waals surface area contributed by atoms with Crippen molar-refractivity contribution < 1.29 is 4.79 Å². The van der Waals surface area contributed by atoms with Crippen LogP contribution in [0.2, 0.25) is 0 Å². The predicted molar refractivity (Wildman–Crippen MR) is 83.0 cm³/mol. The molecule has 1 amide bonds. The minimum atomic E-state index is -0.753. The number of carbonyl (C=O) groups is 1. The van der Waals surface area contributed by atoms with E-state index in [2.05, 4.69) is 10.3 Å². The molecule has 0 saturated carbocycles. The van der Waals surface area contributed by atoms with E-state index in [0.29, 0.717) is 13.0 Å². The minimum Gasteiger partial charge on any atom is -0.354 e. The largest absolute Gasteiger partial charge is 0.354 e. The summed E-state index contributed by atoms with van der Waals surface area (Å²) in [6.45, 7) is 4.47. The molecule has 1 aliphatic rings. The minimum absolute atomic E-state index is 0.0549. The topological polar surface area (TPSA) is 68.0 Å². The molecule has 0 spiro atoms. The van der Waals surface area contributed by atoms with Crippen molar-refractivity contribution in [1.82, 2.24) is 10.3 Å². The first-order valence-corrected chi connectivity index (χ1v) is 8.39. The Morgan fingerprint density at radius 2 is 2.20 bits per heavy atom. The molecule has 1 aromatic rings.